The number of halogens is 2. The van der Waals surface area contributed by atoms with Crippen molar-refractivity contribution in [2.24, 2.45) is 0 Å². The van der Waals surface area contributed by atoms with Gasteiger partial charge < -0.3 is 35.2 Å². The smallest absolute Gasteiger partial charge is 0.386 e. The Balaban J connectivity index is 1.99. The lowest BCUT2D eigenvalue weighted by Gasteiger charge is -2.23. The largest absolute Gasteiger partial charge is 0.490 e. The highest BCUT2D eigenvalue weighted by molar-refractivity contribution is 7.66. The van der Waals surface area contributed by atoms with Gasteiger partial charge in [0, 0.05) is 5.38 Å². The van der Waals surface area contributed by atoms with Crippen molar-refractivity contribution < 1.29 is 63.4 Å². The molecule has 0 aliphatic carbocycles. The molecule has 0 aromatic carbocycles. The number of aliphatic hydroxyl groups excluding tert-OH is 1. The molecule has 1 aliphatic rings. The number of nitrogens with one attached hydrogen (secondary N) is 1. The Bertz CT molecular complexity index is 1490. The molecule has 1 aliphatic heterocycles. The molecule has 0 amide bonds. The van der Waals surface area contributed by atoms with Crippen LogP contribution in [-0.4, -0.2) is 68.6 Å². The van der Waals surface area contributed by atoms with Crippen LogP contribution in [0.5, 0.6) is 0 Å². The van der Waals surface area contributed by atoms with Crippen molar-refractivity contribution >= 4 is 52.2 Å². The van der Waals surface area contributed by atoms with Crippen LogP contribution in [0.1, 0.15) is 8.97 Å². The first kappa shape index (κ1) is 24.9. The van der Waals surface area contributed by atoms with Gasteiger partial charge in [0.05, 0.1) is 15.6 Å². The molecule has 0 radical (unpaired) electrons. The first-order valence-electron chi connectivity index (χ1n) is 9.43. The van der Waals surface area contributed by atoms with Crippen molar-refractivity contribution in [3.8, 4) is 11.3 Å². The quantitative estimate of drug-likeness (QED) is 0.148. The number of nitrogens with zero attached hydrogens (tertiary/aromatic N) is 3. The number of aromatic nitrogens is 4. The van der Waals surface area contributed by atoms with E-state index in [1.165, 1.54) is 0 Å². The van der Waals surface area contributed by atoms with Crippen molar-refractivity contribution in [2.45, 2.75) is 24.1 Å². The maximum absolute atomic E-state index is 15.9. The molecule has 1 fully saturated rings. The topological polar surface area (TPSA) is 279 Å². The number of anilines is 1. The minimum absolute atomic E-state index is 0.395. The van der Waals surface area contributed by atoms with E-state index in [1.807, 2.05) is 0 Å². The number of phosphoric acid groups is 3. The van der Waals surface area contributed by atoms with Gasteiger partial charge in [0.2, 0.25) is 11.6 Å². The van der Waals surface area contributed by atoms with Crippen LogP contribution in [0.15, 0.2) is 11.1 Å². The van der Waals surface area contributed by atoms with E-state index in [0.29, 0.717) is 4.57 Å². The van der Waals surface area contributed by atoms with E-state index in [1.54, 1.807) is 11.3 Å². The summed E-state index contributed by atoms with van der Waals surface area (Å²) in [6.07, 6.45) is -6.71. The molecule has 6 atom stereocenters. The minimum atomic E-state index is -6.12. The number of aromatic amines is 1. The monoisotopic (exact) mass is 585 g/mol. The molecule has 1 saturated heterocycles. The number of rotatable bonds is 8. The van der Waals surface area contributed by atoms with Gasteiger partial charge in [-0.2, -0.15) is 13.6 Å². The first-order chi connectivity index (χ1) is 16.7. The lowest BCUT2D eigenvalue weighted by Crippen LogP contribution is -2.42. The molecule has 35 heavy (non-hydrogen) atoms. The molecule has 2 aromatic heterocycles. The number of H-pyrrole nitrogens is 1. The average molecular weight is 586 g/mol. The number of ether oxygens (including phenoxy) is 1. The van der Waals surface area contributed by atoms with Crippen LogP contribution in [0.3, 0.4) is 0 Å². The van der Waals surface area contributed by atoms with Gasteiger partial charge in [-0.3, -0.25) is 18.9 Å². The van der Waals surface area contributed by atoms with Gasteiger partial charge >= 0.3 is 23.5 Å². The Morgan fingerprint density at radius 3 is 2.60 bits per heavy atom. The number of nitrogens with two attached hydrogens (primary N) is 1. The third-order valence-corrected chi connectivity index (χ3v) is 7.75. The zero-order chi connectivity index (χ0) is 28.2. The summed E-state index contributed by atoms with van der Waals surface area (Å²) in [5.74, 6) is 1.28. The fourth-order valence-electron chi connectivity index (χ4n) is 2.78. The van der Waals surface area contributed by atoms with E-state index in [0.717, 1.165) is 6.33 Å². The number of imidazole rings is 1. The fourth-order valence-corrected chi connectivity index (χ4v) is 5.80. The fraction of sp³-hybridized carbons (Fsp3) is 0.417. The van der Waals surface area contributed by atoms with Crippen LogP contribution in [0, 0.1) is 11.3 Å². The zero-order valence-electron chi connectivity index (χ0n) is 18.3. The third kappa shape index (κ3) is 6.16. The summed E-state index contributed by atoms with van der Waals surface area (Å²) in [5.41, 5.74) is 0.434. The van der Waals surface area contributed by atoms with Crippen LogP contribution in [0.4, 0.5) is 10.3 Å². The van der Waals surface area contributed by atoms with E-state index in [4.69, 9.17) is 34.6 Å². The van der Waals surface area contributed by atoms with Crippen molar-refractivity contribution in [1.82, 2.24) is 19.5 Å². The zero-order valence-corrected chi connectivity index (χ0v) is 19.8. The standard InChI is InChI=1S/C12H14ClFN5O13P3/c13-2-1-12(14)7(20)5(3-29-34(25,26)32-35(27,28)31-33(22,23)24)30-10(12)19-4-16-6-8(19)17-11(15)18-9(6)21/h4-5,7,10,20H,3H2,(H,25,26)(H,27,28)(H2,22,23,24)(H3,15,17,18,21)/t5-,7+,10-,12?/m1/s1/i3D2. The Hall–Kier alpha value is -1.74. The van der Waals surface area contributed by atoms with Crippen molar-refractivity contribution in [3.05, 3.63) is 16.7 Å². The van der Waals surface area contributed by atoms with Crippen molar-refractivity contribution in [2.75, 3.05) is 12.3 Å². The molecule has 23 heteroatoms. The molecular weight excluding hydrogens is 570 g/mol. The number of alkyl halides is 1. The van der Waals surface area contributed by atoms with Crippen LogP contribution in [-0.2, 0) is 31.6 Å². The average Bonchev–Trinajstić information content (AvgIpc) is 3.18. The van der Waals surface area contributed by atoms with Gasteiger partial charge in [-0.05, 0) is 17.5 Å². The first-order valence-corrected chi connectivity index (χ1v) is 13.3. The SMILES string of the molecule is [2H]C([2H])(OP(=O)(O)OP(=O)(O)OP(=O)(O)O)[C@H]1O[C@@H](n2cnc3c(=O)[nH]c(N)nc32)C(F)(C#CCl)[C@H]1O. The Morgan fingerprint density at radius 1 is 1.34 bits per heavy atom. The summed E-state index contributed by atoms with van der Waals surface area (Å²) in [6, 6.07) is 0. The molecule has 8 N–H and O–H groups in total. The Kier molecular flexibility index (Phi) is 6.85. The minimum Gasteiger partial charge on any atom is -0.386 e. The third-order valence-electron chi connectivity index (χ3n) is 3.99. The lowest BCUT2D eigenvalue weighted by molar-refractivity contribution is -0.0496. The second-order valence-corrected chi connectivity index (χ2v) is 11.0. The number of hydrogen-bond donors (Lipinski definition) is 7. The number of aliphatic hydroxyl groups is 1. The number of phosphoric ester groups is 1. The summed E-state index contributed by atoms with van der Waals surface area (Å²) < 4.78 is 82.9. The molecule has 0 bridgehead atoms. The second-order valence-electron chi connectivity index (χ2n) is 6.42. The summed E-state index contributed by atoms with van der Waals surface area (Å²) >= 11 is 5.28. The number of hydrogen-bond acceptors (Lipinski definition) is 12. The number of fused-ring (bicyclic) bond motifs is 1. The summed E-state index contributed by atoms with van der Waals surface area (Å²) in [4.78, 5) is 57.6. The van der Waals surface area contributed by atoms with Gasteiger partial charge in [0.15, 0.2) is 17.4 Å². The molecule has 3 heterocycles. The molecule has 0 spiro atoms. The van der Waals surface area contributed by atoms with E-state index < -0.39 is 76.8 Å². The molecule has 3 rings (SSSR count). The molecule has 194 valence electrons. The van der Waals surface area contributed by atoms with Gasteiger partial charge in [-0.15, -0.1) is 0 Å². The van der Waals surface area contributed by atoms with Gasteiger partial charge in [-0.25, -0.2) is 23.1 Å². The Labute approximate surface area is 200 Å². The highest BCUT2D eigenvalue weighted by atomic mass is 35.5. The lowest BCUT2D eigenvalue weighted by atomic mass is 9.97. The predicted octanol–water partition coefficient (Wildman–Crippen LogP) is -0.789. The normalized spacial score (nSPS) is 29.5. The second kappa shape index (κ2) is 9.61. The summed E-state index contributed by atoms with van der Waals surface area (Å²) in [7, 11) is -17.9. The maximum Gasteiger partial charge on any atom is 0.490 e. The highest BCUT2D eigenvalue weighted by Crippen LogP contribution is 2.66. The van der Waals surface area contributed by atoms with E-state index in [2.05, 4.69) is 28.1 Å². The van der Waals surface area contributed by atoms with E-state index in [9.17, 15) is 33.4 Å². The van der Waals surface area contributed by atoms with Crippen LogP contribution < -0.4 is 11.3 Å². The van der Waals surface area contributed by atoms with Crippen molar-refractivity contribution in [1.29, 1.82) is 0 Å². The molecular formula is C12H14ClFN5O13P3. The van der Waals surface area contributed by atoms with E-state index >= 15 is 4.39 Å². The maximum atomic E-state index is 15.9. The molecule has 2 aromatic rings. The van der Waals surface area contributed by atoms with E-state index in [-0.39, 0.29) is 0 Å². The molecule has 18 nitrogen and oxygen atoms in total. The Morgan fingerprint density at radius 2 is 2.00 bits per heavy atom. The van der Waals surface area contributed by atoms with Crippen molar-refractivity contribution in [3.63, 3.8) is 0 Å². The van der Waals surface area contributed by atoms with Gasteiger partial charge in [0.25, 0.3) is 5.56 Å². The molecule has 0 saturated carbocycles. The number of nitrogen functional groups attached to an aromatic ring is 1. The summed E-state index contributed by atoms with van der Waals surface area (Å²) in [6.45, 7) is -3.77. The predicted molar refractivity (Wildman–Crippen MR) is 110 cm³/mol. The van der Waals surface area contributed by atoms with Gasteiger partial charge in [0.1, 0.15) is 12.2 Å². The molecule has 3 unspecified atom stereocenters. The summed E-state index contributed by atoms with van der Waals surface area (Å²) in [5, 5.41) is 12.2. The highest BCUT2D eigenvalue weighted by Gasteiger charge is 2.58. The van der Waals surface area contributed by atoms with Crippen LogP contribution >= 0.6 is 35.1 Å². The van der Waals surface area contributed by atoms with Gasteiger partial charge in [-0.1, -0.05) is 0 Å². The van der Waals surface area contributed by atoms with Crippen LogP contribution in [0.25, 0.3) is 11.2 Å². The van der Waals surface area contributed by atoms with Crippen LogP contribution in [0.2, 0.25) is 0 Å².